The van der Waals surface area contributed by atoms with Gasteiger partial charge in [0, 0.05) is 5.56 Å². The maximum Gasteiger partial charge on any atom is 0.195 e. The highest BCUT2D eigenvalue weighted by atomic mass is 35.5. The standard InChI is InChI=1S/C15H13ClO2S/c1-2-18-13-6-4-3-5-11(13)7-8-12(17)14-9-10-15(16)19-14/h3-10H,2H2,1H3. The van der Waals surface area contributed by atoms with Crippen molar-refractivity contribution in [3.63, 3.8) is 0 Å². The van der Waals surface area contributed by atoms with Gasteiger partial charge in [-0.25, -0.2) is 0 Å². The fourth-order valence-electron chi connectivity index (χ4n) is 1.60. The largest absolute Gasteiger partial charge is 0.493 e. The molecule has 0 aliphatic heterocycles. The Hall–Kier alpha value is -1.58. The maximum atomic E-state index is 11.9. The zero-order chi connectivity index (χ0) is 13.7. The van der Waals surface area contributed by atoms with E-state index in [-0.39, 0.29) is 5.78 Å². The second kappa shape index (κ2) is 6.55. The fourth-order valence-corrected chi connectivity index (χ4v) is 2.56. The molecule has 4 heteroatoms. The molecule has 0 fully saturated rings. The Morgan fingerprint density at radius 3 is 2.79 bits per heavy atom. The van der Waals surface area contributed by atoms with Gasteiger partial charge in [-0.1, -0.05) is 29.8 Å². The van der Waals surface area contributed by atoms with Crippen LogP contribution in [0.25, 0.3) is 6.08 Å². The third kappa shape index (κ3) is 3.69. The monoisotopic (exact) mass is 292 g/mol. The van der Waals surface area contributed by atoms with E-state index in [4.69, 9.17) is 16.3 Å². The van der Waals surface area contributed by atoms with E-state index in [0.29, 0.717) is 15.8 Å². The SMILES string of the molecule is CCOc1ccccc1C=CC(=O)c1ccc(Cl)s1. The van der Waals surface area contributed by atoms with E-state index in [1.165, 1.54) is 11.3 Å². The number of benzene rings is 1. The highest BCUT2D eigenvalue weighted by Crippen LogP contribution is 2.23. The van der Waals surface area contributed by atoms with Crippen molar-refractivity contribution in [1.82, 2.24) is 0 Å². The van der Waals surface area contributed by atoms with E-state index < -0.39 is 0 Å². The van der Waals surface area contributed by atoms with Crippen molar-refractivity contribution in [2.24, 2.45) is 0 Å². The first-order valence-electron chi connectivity index (χ1n) is 5.90. The summed E-state index contributed by atoms with van der Waals surface area (Å²) in [5, 5.41) is 0. The van der Waals surface area contributed by atoms with Gasteiger partial charge in [-0.2, -0.15) is 0 Å². The third-order valence-corrected chi connectivity index (χ3v) is 3.69. The molecular formula is C15H13ClO2S. The number of carbonyl (C=O) groups excluding carboxylic acids is 1. The summed E-state index contributed by atoms with van der Waals surface area (Å²) in [4.78, 5) is 12.6. The van der Waals surface area contributed by atoms with Gasteiger partial charge in [0.15, 0.2) is 5.78 Å². The lowest BCUT2D eigenvalue weighted by Crippen LogP contribution is -1.94. The number of hydrogen-bond acceptors (Lipinski definition) is 3. The van der Waals surface area contributed by atoms with Gasteiger partial charge in [-0.15, -0.1) is 11.3 Å². The molecule has 0 unspecified atom stereocenters. The van der Waals surface area contributed by atoms with Crippen molar-refractivity contribution in [3.8, 4) is 5.75 Å². The first-order chi connectivity index (χ1) is 9.20. The van der Waals surface area contributed by atoms with Crippen molar-refractivity contribution in [2.75, 3.05) is 6.61 Å². The molecular weight excluding hydrogens is 280 g/mol. The Balaban J connectivity index is 2.16. The van der Waals surface area contributed by atoms with Crippen molar-refractivity contribution in [2.45, 2.75) is 6.92 Å². The normalized spacial score (nSPS) is 10.8. The zero-order valence-electron chi connectivity index (χ0n) is 10.4. The maximum absolute atomic E-state index is 11.9. The average Bonchev–Trinajstić information content (AvgIpc) is 2.84. The molecule has 2 nitrogen and oxygen atoms in total. The molecule has 0 spiro atoms. The van der Waals surface area contributed by atoms with Gasteiger partial charge in [0.25, 0.3) is 0 Å². The summed E-state index contributed by atoms with van der Waals surface area (Å²) >= 11 is 7.09. The minimum Gasteiger partial charge on any atom is -0.493 e. The van der Waals surface area contributed by atoms with Crippen molar-refractivity contribution < 1.29 is 9.53 Å². The first kappa shape index (κ1) is 13.8. The van der Waals surface area contributed by atoms with Crippen LogP contribution in [0.5, 0.6) is 5.75 Å². The quantitative estimate of drug-likeness (QED) is 0.590. The molecule has 0 saturated heterocycles. The van der Waals surface area contributed by atoms with Crippen LogP contribution in [0, 0.1) is 0 Å². The molecule has 19 heavy (non-hydrogen) atoms. The summed E-state index contributed by atoms with van der Waals surface area (Å²) in [6.45, 7) is 2.53. The van der Waals surface area contributed by atoms with Gasteiger partial charge >= 0.3 is 0 Å². The van der Waals surface area contributed by atoms with Gasteiger partial charge in [-0.3, -0.25) is 4.79 Å². The van der Waals surface area contributed by atoms with E-state index in [0.717, 1.165) is 11.3 Å². The van der Waals surface area contributed by atoms with Crippen molar-refractivity contribution >= 4 is 34.8 Å². The van der Waals surface area contributed by atoms with Crippen LogP contribution < -0.4 is 4.74 Å². The minimum atomic E-state index is -0.0526. The number of carbonyl (C=O) groups is 1. The lowest BCUT2D eigenvalue weighted by atomic mass is 10.1. The Labute approximate surface area is 121 Å². The highest BCUT2D eigenvalue weighted by Gasteiger charge is 2.05. The molecule has 2 aromatic rings. The first-order valence-corrected chi connectivity index (χ1v) is 7.09. The van der Waals surface area contributed by atoms with Crippen LogP contribution in [0.15, 0.2) is 42.5 Å². The molecule has 1 aromatic heterocycles. The highest BCUT2D eigenvalue weighted by molar-refractivity contribution is 7.18. The van der Waals surface area contributed by atoms with Crippen molar-refractivity contribution in [3.05, 3.63) is 57.3 Å². The summed E-state index contributed by atoms with van der Waals surface area (Å²) in [7, 11) is 0. The second-order valence-electron chi connectivity index (χ2n) is 3.77. The number of ether oxygens (including phenoxy) is 1. The molecule has 0 N–H and O–H groups in total. The topological polar surface area (TPSA) is 26.3 Å². The molecule has 0 amide bonds. The summed E-state index contributed by atoms with van der Waals surface area (Å²) in [6, 6.07) is 11.1. The van der Waals surface area contributed by atoms with Gasteiger partial charge < -0.3 is 4.74 Å². The Kier molecular flexibility index (Phi) is 4.77. The number of ketones is 1. The predicted molar refractivity (Wildman–Crippen MR) is 80.3 cm³/mol. The van der Waals surface area contributed by atoms with E-state index in [1.54, 1.807) is 24.3 Å². The second-order valence-corrected chi connectivity index (χ2v) is 5.49. The number of rotatable bonds is 5. The Morgan fingerprint density at radius 2 is 2.11 bits per heavy atom. The predicted octanol–water partition coefficient (Wildman–Crippen LogP) is 4.70. The number of hydrogen-bond donors (Lipinski definition) is 0. The average molecular weight is 293 g/mol. The van der Waals surface area contributed by atoms with E-state index >= 15 is 0 Å². The molecule has 0 aliphatic carbocycles. The molecule has 0 aliphatic rings. The molecule has 0 atom stereocenters. The van der Waals surface area contributed by atoms with Gasteiger partial charge in [0.1, 0.15) is 5.75 Å². The van der Waals surface area contributed by atoms with E-state index in [1.807, 2.05) is 31.2 Å². The summed E-state index contributed by atoms with van der Waals surface area (Å²) in [5.41, 5.74) is 0.889. The van der Waals surface area contributed by atoms with Crippen LogP contribution in [0.4, 0.5) is 0 Å². The molecule has 0 saturated carbocycles. The van der Waals surface area contributed by atoms with Crippen LogP contribution in [0.3, 0.4) is 0 Å². The van der Waals surface area contributed by atoms with Crippen molar-refractivity contribution in [1.29, 1.82) is 0 Å². The number of halogens is 1. The zero-order valence-corrected chi connectivity index (χ0v) is 12.0. The lowest BCUT2D eigenvalue weighted by Gasteiger charge is -2.05. The van der Waals surface area contributed by atoms with Crippen LogP contribution in [-0.2, 0) is 0 Å². The Morgan fingerprint density at radius 1 is 1.32 bits per heavy atom. The van der Waals surface area contributed by atoms with Crippen LogP contribution in [0.1, 0.15) is 22.2 Å². The fraction of sp³-hybridized carbons (Fsp3) is 0.133. The lowest BCUT2D eigenvalue weighted by molar-refractivity contribution is 0.105. The number of allylic oxidation sites excluding steroid dienone is 1. The summed E-state index contributed by atoms with van der Waals surface area (Å²) in [5.74, 6) is 0.724. The Bertz CT molecular complexity index is 602. The van der Waals surface area contributed by atoms with E-state index in [9.17, 15) is 4.79 Å². The van der Waals surface area contributed by atoms with Crippen LogP contribution >= 0.6 is 22.9 Å². The van der Waals surface area contributed by atoms with Crippen LogP contribution in [0.2, 0.25) is 4.34 Å². The molecule has 2 rings (SSSR count). The van der Waals surface area contributed by atoms with Gasteiger partial charge in [0.2, 0.25) is 0 Å². The number of thiophene rings is 1. The molecule has 1 aromatic carbocycles. The van der Waals surface area contributed by atoms with Gasteiger partial charge in [0.05, 0.1) is 15.8 Å². The molecule has 0 radical (unpaired) electrons. The molecule has 0 bridgehead atoms. The minimum absolute atomic E-state index is 0.0526. The van der Waals surface area contributed by atoms with E-state index in [2.05, 4.69) is 0 Å². The van der Waals surface area contributed by atoms with Gasteiger partial charge in [-0.05, 0) is 37.3 Å². The molecule has 98 valence electrons. The summed E-state index contributed by atoms with van der Waals surface area (Å²) < 4.78 is 6.12. The smallest absolute Gasteiger partial charge is 0.195 e. The van der Waals surface area contributed by atoms with Crippen LogP contribution in [-0.4, -0.2) is 12.4 Å². The third-order valence-electron chi connectivity index (χ3n) is 2.45. The molecule has 1 heterocycles. The summed E-state index contributed by atoms with van der Waals surface area (Å²) in [6.07, 6.45) is 3.31. The number of para-hydroxylation sites is 1.